The molecular weight excluding hydrogens is 216 g/mol. The van der Waals surface area contributed by atoms with Crippen molar-refractivity contribution in [2.75, 3.05) is 0 Å². The lowest BCUT2D eigenvalue weighted by atomic mass is 9.74. The molecule has 0 amide bonds. The third-order valence-electron chi connectivity index (χ3n) is 5.40. The maximum absolute atomic E-state index is 2.50. The van der Waals surface area contributed by atoms with Crippen molar-refractivity contribution in [2.45, 2.75) is 86.0 Å². The van der Waals surface area contributed by atoms with Crippen LogP contribution in [0.25, 0.3) is 0 Å². The van der Waals surface area contributed by atoms with Gasteiger partial charge in [0.05, 0.1) is 0 Å². The number of hydrogen-bond acceptors (Lipinski definition) is 0. The summed E-state index contributed by atoms with van der Waals surface area (Å²) in [6.07, 6.45) is 11.8. The monoisotopic (exact) mass is 252 g/mol. The Hall–Kier alpha value is 0. The highest BCUT2D eigenvalue weighted by Crippen LogP contribution is 2.36. The summed E-state index contributed by atoms with van der Waals surface area (Å²) in [5.74, 6) is 4.80. The average Bonchev–Trinajstić information content (AvgIpc) is 2.27. The minimum Gasteiger partial charge on any atom is -0.0651 e. The topological polar surface area (TPSA) is 0 Å². The first-order valence-corrected chi connectivity index (χ1v) is 8.54. The second kappa shape index (κ2) is 8.23. The Kier molecular flexibility index (Phi) is 7.34. The van der Waals surface area contributed by atoms with Crippen molar-refractivity contribution in [1.29, 1.82) is 0 Å². The number of rotatable bonds is 5. The molecule has 0 aliphatic heterocycles. The molecule has 0 nitrogen and oxygen atoms in total. The van der Waals surface area contributed by atoms with Gasteiger partial charge >= 0.3 is 0 Å². The van der Waals surface area contributed by atoms with Crippen LogP contribution in [0.1, 0.15) is 86.0 Å². The van der Waals surface area contributed by atoms with Gasteiger partial charge in [-0.15, -0.1) is 0 Å². The van der Waals surface area contributed by atoms with Gasteiger partial charge in [-0.2, -0.15) is 0 Å². The van der Waals surface area contributed by atoms with Gasteiger partial charge in [0.15, 0.2) is 0 Å². The first-order valence-electron chi connectivity index (χ1n) is 8.54. The maximum Gasteiger partial charge on any atom is -0.0388 e. The smallest absolute Gasteiger partial charge is 0.0388 e. The highest BCUT2D eigenvalue weighted by molar-refractivity contribution is 4.75. The van der Waals surface area contributed by atoms with E-state index in [1.54, 1.807) is 0 Å². The van der Waals surface area contributed by atoms with E-state index in [4.69, 9.17) is 0 Å². The predicted octanol–water partition coefficient (Wildman–Crippen LogP) is 6.30. The van der Waals surface area contributed by atoms with Crippen LogP contribution in [0.4, 0.5) is 0 Å². The normalized spacial score (nSPS) is 29.7. The molecular formula is C18H36. The summed E-state index contributed by atoms with van der Waals surface area (Å²) in [7, 11) is 0. The zero-order chi connectivity index (χ0) is 13.5. The maximum atomic E-state index is 2.50. The van der Waals surface area contributed by atoms with E-state index in [0.29, 0.717) is 0 Å². The highest BCUT2D eigenvalue weighted by atomic mass is 14.3. The molecule has 0 heteroatoms. The van der Waals surface area contributed by atoms with Crippen LogP contribution in [0, 0.1) is 29.6 Å². The lowest BCUT2D eigenvalue weighted by Crippen LogP contribution is -2.20. The van der Waals surface area contributed by atoms with Crippen LogP contribution in [-0.4, -0.2) is 0 Å². The molecule has 4 atom stereocenters. The van der Waals surface area contributed by atoms with E-state index in [9.17, 15) is 0 Å². The van der Waals surface area contributed by atoms with E-state index >= 15 is 0 Å². The highest BCUT2D eigenvalue weighted by Gasteiger charge is 2.24. The molecule has 0 aromatic carbocycles. The third kappa shape index (κ3) is 5.33. The Balaban J connectivity index is 2.46. The molecule has 4 unspecified atom stereocenters. The van der Waals surface area contributed by atoms with Gasteiger partial charge in [0.1, 0.15) is 0 Å². The van der Waals surface area contributed by atoms with Crippen LogP contribution >= 0.6 is 0 Å². The Bertz CT molecular complexity index is 206. The molecule has 1 aliphatic rings. The van der Waals surface area contributed by atoms with Gasteiger partial charge in [-0.25, -0.2) is 0 Å². The molecule has 0 bridgehead atoms. The Morgan fingerprint density at radius 1 is 0.778 bits per heavy atom. The molecule has 1 fully saturated rings. The molecule has 0 heterocycles. The van der Waals surface area contributed by atoms with E-state index in [2.05, 4.69) is 34.6 Å². The van der Waals surface area contributed by atoms with Crippen LogP contribution < -0.4 is 0 Å². The van der Waals surface area contributed by atoms with Gasteiger partial charge in [-0.05, 0) is 48.9 Å². The first-order chi connectivity index (χ1) is 8.54. The van der Waals surface area contributed by atoms with Crippen molar-refractivity contribution in [2.24, 2.45) is 29.6 Å². The molecule has 1 aliphatic carbocycles. The molecule has 0 saturated heterocycles. The van der Waals surface area contributed by atoms with Crippen molar-refractivity contribution in [3.63, 3.8) is 0 Å². The summed E-state index contributed by atoms with van der Waals surface area (Å²) >= 11 is 0. The molecule has 0 aromatic rings. The molecule has 0 radical (unpaired) electrons. The van der Waals surface area contributed by atoms with Gasteiger partial charge in [-0.1, -0.05) is 66.7 Å². The summed E-state index contributed by atoms with van der Waals surface area (Å²) < 4.78 is 0. The van der Waals surface area contributed by atoms with Crippen LogP contribution in [0.2, 0.25) is 0 Å². The molecule has 0 aromatic heterocycles. The summed E-state index contributed by atoms with van der Waals surface area (Å²) in [5, 5.41) is 0. The fourth-order valence-electron chi connectivity index (χ4n) is 3.94. The van der Waals surface area contributed by atoms with Crippen LogP contribution in [-0.2, 0) is 0 Å². The molecule has 108 valence electrons. The minimum atomic E-state index is 0.871. The zero-order valence-corrected chi connectivity index (χ0v) is 13.5. The minimum absolute atomic E-state index is 0.871. The fraction of sp³-hybridized carbons (Fsp3) is 1.00. The van der Waals surface area contributed by atoms with Crippen LogP contribution in [0.15, 0.2) is 0 Å². The van der Waals surface area contributed by atoms with E-state index in [1.165, 1.54) is 51.4 Å². The average molecular weight is 252 g/mol. The van der Waals surface area contributed by atoms with Crippen molar-refractivity contribution in [3.05, 3.63) is 0 Å². The van der Waals surface area contributed by atoms with Gasteiger partial charge in [0, 0.05) is 0 Å². The van der Waals surface area contributed by atoms with Gasteiger partial charge in [0.2, 0.25) is 0 Å². The SMILES string of the molecule is CCC(C)C1CCCCC(C(C)CC(C)C)CC1. The quantitative estimate of drug-likeness (QED) is 0.538. The Morgan fingerprint density at radius 2 is 1.28 bits per heavy atom. The standard InChI is InChI=1S/C18H36/c1-6-15(4)17-9-7-8-10-18(12-11-17)16(5)13-14(2)3/h14-18H,6-13H2,1-5H3. The van der Waals surface area contributed by atoms with Crippen molar-refractivity contribution >= 4 is 0 Å². The van der Waals surface area contributed by atoms with Crippen molar-refractivity contribution in [3.8, 4) is 0 Å². The predicted molar refractivity (Wildman–Crippen MR) is 82.8 cm³/mol. The van der Waals surface area contributed by atoms with E-state index in [1.807, 2.05) is 0 Å². The van der Waals surface area contributed by atoms with Crippen molar-refractivity contribution in [1.82, 2.24) is 0 Å². The van der Waals surface area contributed by atoms with Crippen LogP contribution in [0.3, 0.4) is 0 Å². The van der Waals surface area contributed by atoms with Crippen LogP contribution in [0.5, 0.6) is 0 Å². The lowest BCUT2D eigenvalue weighted by molar-refractivity contribution is 0.197. The first kappa shape index (κ1) is 16.1. The second-order valence-electron chi connectivity index (χ2n) is 7.37. The molecule has 1 rings (SSSR count). The van der Waals surface area contributed by atoms with Crippen molar-refractivity contribution < 1.29 is 0 Å². The van der Waals surface area contributed by atoms with E-state index < -0.39 is 0 Å². The summed E-state index contributed by atoms with van der Waals surface area (Å²) in [5.41, 5.74) is 0. The van der Waals surface area contributed by atoms with Gasteiger partial charge in [0.25, 0.3) is 0 Å². The third-order valence-corrected chi connectivity index (χ3v) is 5.40. The zero-order valence-electron chi connectivity index (χ0n) is 13.5. The molecule has 0 spiro atoms. The van der Waals surface area contributed by atoms with Gasteiger partial charge < -0.3 is 0 Å². The Morgan fingerprint density at radius 3 is 1.72 bits per heavy atom. The fourth-order valence-corrected chi connectivity index (χ4v) is 3.94. The summed E-state index contributed by atoms with van der Waals surface area (Å²) in [4.78, 5) is 0. The second-order valence-corrected chi connectivity index (χ2v) is 7.37. The molecule has 18 heavy (non-hydrogen) atoms. The molecule has 0 N–H and O–H groups in total. The summed E-state index contributed by atoms with van der Waals surface area (Å²) in [6.45, 7) is 12.1. The summed E-state index contributed by atoms with van der Waals surface area (Å²) in [6, 6.07) is 0. The Labute approximate surface area is 116 Å². The van der Waals surface area contributed by atoms with E-state index in [0.717, 1.165) is 29.6 Å². The molecule has 1 saturated carbocycles. The number of hydrogen-bond donors (Lipinski definition) is 0. The van der Waals surface area contributed by atoms with E-state index in [-0.39, 0.29) is 0 Å². The lowest BCUT2D eigenvalue weighted by Gasteiger charge is -2.32. The largest absolute Gasteiger partial charge is 0.0651 e. The van der Waals surface area contributed by atoms with Gasteiger partial charge in [-0.3, -0.25) is 0 Å².